The van der Waals surface area contributed by atoms with Crippen LogP contribution in [0.1, 0.15) is 17.4 Å². The predicted octanol–water partition coefficient (Wildman–Crippen LogP) is 3.41. The average Bonchev–Trinajstić information content (AvgIpc) is 3.20. The lowest BCUT2D eigenvalue weighted by Gasteiger charge is -2.41. The third kappa shape index (κ3) is 2.66. The van der Waals surface area contributed by atoms with Gasteiger partial charge in [0.15, 0.2) is 5.65 Å². The van der Waals surface area contributed by atoms with Gasteiger partial charge in [-0.25, -0.2) is 9.37 Å². The van der Waals surface area contributed by atoms with Crippen LogP contribution in [-0.4, -0.2) is 37.5 Å². The summed E-state index contributed by atoms with van der Waals surface area (Å²) in [6, 6.07) is 12.8. The molecule has 27 heavy (non-hydrogen) atoms. The Morgan fingerprint density at radius 2 is 1.81 bits per heavy atom. The van der Waals surface area contributed by atoms with E-state index in [4.69, 9.17) is 0 Å². The molecule has 4 aromatic rings. The van der Waals surface area contributed by atoms with Crippen LogP contribution in [0, 0.1) is 19.7 Å². The Morgan fingerprint density at radius 3 is 2.52 bits per heavy atom. The summed E-state index contributed by atoms with van der Waals surface area (Å²) in [5.74, 6) is 0.738. The number of hydrogen-bond donors (Lipinski definition) is 0. The summed E-state index contributed by atoms with van der Waals surface area (Å²) in [4.78, 5) is 6.94. The minimum atomic E-state index is -0.250. The van der Waals surface area contributed by atoms with E-state index in [9.17, 15) is 4.39 Å². The summed E-state index contributed by atoms with van der Waals surface area (Å²) in [6.07, 6.45) is 1.75. The molecule has 1 aromatic carbocycles. The van der Waals surface area contributed by atoms with E-state index in [1.807, 2.05) is 23.6 Å². The predicted molar refractivity (Wildman–Crippen MR) is 101 cm³/mol. The van der Waals surface area contributed by atoms with E-state index in [1.165, 1.54) is 17.8 Å². The Morgan fingerprint density at radius 1 is 1.04 bits per heavy atom. The smallest absolute Gasteiger partial charge is 0.157 e. The highest BCUT2D eigenvalue weighted by Gasteiger charge is 2.32. The van der Waals surface area contributed by atoms with Crippen molar-refractivity contribution in [1.82, 2.24) is 24.4 Å². The molecular formula is C20H19FN6. The number of anilines is 1. The molecule has 0 spiro atoms. The van der Waals surface area contributed by atoms with Crippen LogP contribution < -0.4 is 4.90 Å². The van der Waals surface area contributed by atoms with Crippen molar-refractivity contribution in [3.63, 3.8) is 0 Å². The molecule has 1 aliphatic rings. The van der Waals surface area contributed by atoms with Crippen molar-refractivity contribution in [3.05, 3.63) is 65.9 Å². The second-order valence-electron chi connectivity index (χ2n) is 7.04. The second-order valence-corrected chi connectivity index (χ2v) is 7.04. The first-order valence-corrected chi connectivity index (χ1v) is 8.97. The highest BCUT2D eigenvalue weighted by Crippen LogP contribution is 2.31. The van der Waals surface area contributed by atoms with E-state index in [0.29, 0.717) is 6.04 Å². The van der Waals surface area contributed by atoms with Gasteiger partial charge in [-0.1, -0.05) is 0 Å². The second kappa shape index (κ2) is 5.90. The van der Waals surface area contributed by atoms with E-state index in [1.54, 1.807) is 18.3 Å². The maximum Gasteiger partial charge on any atom is 0.157 e. The molecule has 0 saturated carbocycles. The summed E-state index contributed by atoms with van der Waals surface area (Å²) < 4.78 is 17.2. The molecule has 6 nitrogen and oxygen atoms in total. The Kier molecular flexibility index (Phi) is 3.50. The molecule has 0 bridgehead atoms. The van der Waals surface area contributed by atoms with Crippen molar-refractivity contribution in [2.45, 2.75) is 19.9 Å². The van der Waals surface area contributed by atoms with E-state index < -0.39 is 0 Å². The van der Waals surface area contributed by atoms with Crippen LogP contribution in [0.25, 0.3) is 16.9 Å². The van der Waals surface area contributed by atoms with E-state index in [-0.39, 0.29) is 5.82 Å². The molecule has 0 aliphatic carbocycles. The van der Waals surface area contributed by atoms with Gasteiger partial charge in [0.2, 0.25) is 0 Å². The zero-order valence-corrected chi connectivity index (χ0v) is 15.2. The van der Waals surface area contributed by atoms with Gasteiger partial charge >= 0.3 is 0 Å². The number of fused-ring (bicyclic) bond motifs is 1. The molecule has 1 aliphatic heterocycles. The quantitative estimate of drug-likeness (QED) is 0.560. The largest absolute Gasteiger partial charge is 0.352 e. The first-order valence-electron chi connectivity index (χ1n) is 8.97. The third-order valence-corrected chi connectivity index (χ3v) is 5.06. The Bertz CT molecular complexity index is 1120. The summed E-state index contributed by atoms with van der Waals surface area (Å²) >= 11 is 0. The van der Waals surface area contributed by atoms with E-state index in [0.717, 1.165) is 41.5 Å². The molecule has 0 amide bonds. The number of hydrogen-bond acceptors (Lipinski definition) is 4. The molecule has 0 unspecified atom stereocenters. The number of aromatic nitrogens is 5. The van der Waals surface area contributed by atoms with Gasteiger partial charge in [0, 0.05) is 36.5 Å². The Labute approximate surface area is 155 Å². The third-order valence-electron chi connectivity index (χ3n) is 5.06. The minimum absolute atomic E-state index is 0.250. The lowest BCUT2D eigenvalue weighted by molar-refractivity contribution is 0.357. The van der Waals surface area contributed by atoms with Gasteiger partial charge < -0.3 is 4.90 Å². The summed E-state index contributed by atoms with van der Waals surface area (Å²) in [6.45, 7) is 5.84. The van der Waals surface area contributed by atoms with Gasteiger partial charge in [0.25, 0.3) is 0 Å². The van der Waals surface area contributed by atoms with Crippen LogP contribution in [-0.2, 0) is 0 Å². The first kappa shape index (κ1) is 16.0. The maximum atomic E-state index is 13.3. The summed E-state index contributed by atoms with van der Waals surface area (Å²) in [5.41, 5.74) is 4.71. The standard InChI is InChI=1S/C20H19FN6/c1-13-9-14(2)26(24-13)17-11-25(12-17)20-10-18(15-3-5-16(21)6-4-15)23-19-7-8-22-27(19)20/h3-10,17H,11-12H2,1-2H3. The van der Waals surface area contributed by atoms with E-state index >= 15 is 0 Å². The number of halogens is 1. The van der Waals surface area contributed by atoms with Gasteiger partial charge in [-0.05, 0) is 44.2 Å². The van der Waals surface area contributed by atoms with Crippen molar-refractivity contribution < 1.29 is 4.39 Å². The normalized spacial score (nSPS) is 14.7. The summed E-state index contributed by atoms with van der Waals surface area (Å²) in [7, 11) is 0. The van der Waals surface area contributed by atoms with Gasteiger partial charge in [-0.2, -0.15) is 14.7 Å². The molecular weight excluding hydrogens is 343 g/mol. The molecule has 4 heterocycles. The van der Waals surface area contributed by atoms with Gasteiger partial charge in [0.1, 0.15) is 11.6 Å². The van der Waals surface area contributed by atoms with Crippen LogP contribution in [0.2, 0.25) is 0 Å². The van der Waals surface area contributed by atoms with Crippen molar-refractivity contribution in [1.29, 1.82) is 0 Å². The Hall–Kier alpha value is -3.22. The zero-order chi connectivity index (χ0) is 18.5. The molecule has 1 fully saturated rings. The number of rotatable bonds is 3. The number of aryl methyl sites for hydroxylation is 2. The highest BCUT2D eigenvalue weighted by atomic mass is 19.1. The van der Waals surface area contributed by atoms with Crippen LogP contribution in [0.3, 0.4) is 0 Å². The monoisotopic (exact) mass is 362 g/mol. The first-order chi connectivity index (χ1) is 13.1. The topological polar surface area (TPSA) is 51.2 Å². The van der Waals surface area contributed by atoms with Crippen LogP contribution >= 0.6 is 0 Å². The molecule has 0 radical (unpaired) electrons. The van der Waals surface area contributed by atoms with Crippen molar-refractivity contribution in [2.75, 3.05) is 18.0 Å². The molecule has 0 atom stereocenters. The molecule has 0 N–H and O–H groups in total. The average molecular weight is 362 g/mol. The number of nitrogens with zero attached hydrogens (tertiary/aromatic N) is 6. The Balaban J connectivity index is 1.49. The van der Waals surface area contributed by atoms with Crippen LogP contribution in [0.15, 0.2) is 48.7 Å². The molecule has 5 rings (SSSR count). The summed E-state index contributed by atoms with van der Waals surface area (Å²) in [5, 5.41) is 9.03. The minimum Gasteiger partial charge on any atom is -0.352 e. The lowest BCUT2D eigenvalue weighted by atomic mass is 10.1. The van der Waals surface area contributed by atoms with Crippen molar-refractivity contribution >= 4 is 11.5 Å². The fourth-order valence-corrected chi connectivity index (χ4v) is 3.70. The van der Waals surface area contributed by atoms with Crippen molar-refractivity contribution in [2.24, 2.45) is 0 Å². The zero-order valence-electron chi connectivity index (χ0n) is 15.2. The van der Waals surface area contributed by atoms with E-state index in [2.05, 4.69) is 37.8 Å². The molecule has 3 aromatic heterocycles. The van der Waals surface area contributed by atoms with Gasteiger partial charge in [-0.3, -0.25) is 4.68 Å². The highest BCUT2D eigenvalue weighted by molar-refractivity contribution is 5.67. The fraction of sp³-hybridized carbons (Fsp3) is 0.250. The fourth-order valence-electron chi connectivity index (χ4n) is 3.70. The maximum absolute atomic E-state index is 13.3. The van der Waals surface area contributed by atoms with Gasteiger partial charge in [-0.15, -0.1) is 0 Å². The molecule has 1 saturated heterocycles. The lowest BCUT2D eigenvalue weighted by Crippen LogP contribution is -2.49. The van der Waals surface area contributed by atoms with Crippen LogP contribution in [0.5, 0.6) is 0 Å². The molecule has 7 heteroatoms. The SMILES string of the molecule is Cc1cc(C)n(C2CN(c3cc(-c4ccc(F)cc4)nc4ccnn34)C2)n1. The number of benzene rings is 1. The van der Waals surface area contributed by atoms with Crippen molar-refractivity contribution in [3.8, 4) is 11.3 Å². The molecule has 136 valence electrons. The van der Waals surface area contributed by atoms with Gasteiger partial charge in [0.05, 0.1) is 23.6 Å². The van der Waals surface area contributed by atoms with Crippen LogP contribution in [0.4, 0.5) is 10.2 Å².